The topological polar surface area (TPSA) is 81.7 Å². The first kappa shape index (κ1) is 13.9. The molecule has 0 heterocycles. The van der Waals surface area contributed by atoms with Gasteiger partial charge < -0.3 is 10.4 Å². The average molecular weight is 217 g/mol. The summed E-state index contributed by atoms with van der Waals surface area (Å²) in [6.07, 6.45) is 0.221. The first-order chi connectivity index (χ1) is 6.95. The quantitative estimate of drug-likeness (QED) is 0.560. The molecule has 0 aliphatic carbocycles. The molecule has 0 fully saturated rings. The monoisotopic (exact) mass is 217 g/mol. The van der Waals surface area contributed by atoms with Crippen LogP contribution in [0.25, 0.3) is 0 Å². The Kier molecular flexibility index (Phi) is 6.64. The number of rotatable bonds is 5. The van der Waals surface area contributed by atoms with Gasteiger partial charge in [-0.05, 0) is 20.4 Å². The Morgan fingerprint density at radius 2 is 2.07 bits per heavy atom. The molecule has 0 rings (SSSR count). The number of urea groups is 1. The standard InChI is InChI=1S/C9H19N3O3/c1-7(13)4-5-12(3)6-8(14)11-9(15)10-2/h7,13H,4-6H2,1-3H3,(H2,10,11,14,15). The molecule has 0 aliphatic heterocycles. The highest BCUT2D eigenvalue weighted by atomic mass is 16.3. The van der Waals surface area contributed by atoms with Gasteiger partial charge in [0.2, 0.25) is 5.91 Å². The van der Waals surface area contributed by atoms with Crippen LogP contribution in [0.2, 0.25) is 0 Å². The summed E-state index contributed by atoms with van der Waals surface area (Å²) in [5.41, 5.74) is 0. The maximum absolute atomic E-state index is 11.2. The third-order valence-electron chi connectivity index (χ3n) is 1.82. The second-order valence-corrected chi connectivity index (χ2v) is 3.50. The zero-order valence-corrected chi connectivity index (χ0v) is 9.41. The molecule has 1 atom stereocenters. The van der Waals surface area contributed by atoms with Crippen molar-refractivity contribution in [3.05, 3.63) is 0 Å². The minimum absolute atomic E-state index is 0.139. The highest BCUT2D eigenvalue weighted by Crippen LogP contribution is 1.92. The molecular formula is C9H19N3O3. The summed E-state index contributed by atoms with van der Waals surface area (Å²) in [6, 6.07) is -0.510. The van der Waals surface area contributed by atoms with E-state index in [9.17, 15) is 9.59 Å². The summed E-state index contributed by atoms with van der Waals surface area (Å²) >= 11 is 0. The van der Waals surface area contributed by atoms with Gasteiger partial charge in [0.25, 0.3) is 0 Å². The van der Waals surface area contributed by atoms with Crippen molar-refractivity contribution < 1.29 is 14.7 Å². The highest BCUT2D eigenvalue weighted by Gasteiger charge is 2.09. The van der Waals surface area contributed by atoms with Crippen LogP contribution in [0, 0.1) is 0 Å². The Morgan fingerprint density at radius 1 is 1.47 bits per heavy atom. The zero-order valence-electron chi connectivity index (χ0n) is 9.41. The van der Waals surface area contributed by atoms with Gasteiger partial charge in [0.05, 0.1) is 12.6 Å². The molecule has 6 nitrogen and oxygen atoms in total. The van der Waals surface area contributed by atoms with Gasteiger partial charge in [-0.25, -0.2) is 4.79 Å². The molecule has 88 valence electrons. The first-order valence-electron chi connectivity index (χ1n) is 4.84. The molecule has 0 bridgehead atoms. The Hall–Kier alpha value is -1.14. The number of imide groups is 1. The van der Waals surface area contributed by atoms with E-state index in [0.717, 1.165) is 0 Å². The molecule has 3 N–H and O–H groups in total. The third-order valence-corrected chi connectivity index (χ3v) is 1.82. The van der Waals surface area contributed by atoms with E-state index in [1.54, 1.807) is 18.9 Å². The molecular weight excluding hydrogens is 198 g/mol. The van der Waals surface area contributed by atoms with Crippen molar-refractivity contribution in [3.8, 4) is 0 Å². The fourth-order valence-corrected chi connectivity index (χ4v) is 0.960. The number of amides is 3. The van der Waals surface area contributed by atoms with Crippen LogP contribution in [-0.2, 0) is 4.79 Å². The van der Waals surface area contributed by atoms with E-state index >= 15 is 0 Å². The molecule has 0 aromatic carbocycles. The van der Waals surface area contributed by atoms with Gasteiger partial charge in [-0.15, -0.1) is 0 Å². The Morgan fingerprint density at radius 3 is 2.53 bits per heavy atom. The van der Waals surface area contributed by atoms with Gasteiger partial charge in [0.1, 0.15) is 0 Å². The molecule has 0 aliphatic rings. The van der Waals surface area contributed by atoms with E-state index in [4.69, 9.17) is 5.11 Å². The minimum atomic E-state index is -0.510. The molecule has 6 heteroatoms. The highest BCUT2D eigenvalue weighted by molar-refractivity contribution is 5.95. The van der Waals surface area contributed by atoms with Gasteiger partial charge in [-0.2, -0.15) is 0 Å². The van der Waals surface area contributed by atoms with Crippen molar-refractivity contribution in [2.24, 2.45) is 0 Å². The van der Waals surface area contributed by atoms with Crippen molar-refractivity contribution in [1.29, 1.82) is 0 Å². The average Bonchev–Trinajstić information content (AvgIpc) is 2.14. The van der Waals surface area contributed by atoms with Crippen molar-refractivity contribution in [1.82, 2.24) is 15.5 Å². The molecule has 0 aromatic heterocycles. The van der Waals surface area contributed by atoms with Crippen molar-refractivity contribution in [2.45, 2.75) is 19.4 Å². The van der Waals surface area contributed by atoms with E-state index in [2.05, 4.69) is 10.6 Å². The number of nitrogens with zero attached hydrogens (tertiary/aromatic N) is 1. The Balaban J connectivity index is 3.71. The summed E-state index contributed by atoms with van der Waals surface area (Å²) in [7, 11) is 3.20. The van der Waals surface area contributed by atoms with Crippen LogP contribution in [0.5, 0.6) is 0 Å². The van der Waals surface area contributed by atoms with Crippen LogP contribution in [0.4, 0.5) is 4.79 Å². The summed E-state index contributed by atoms with van der Waals surface area (Å²) in [4.78, 5) is 23.7. The minimum Gasteiger partial charge on any atom is -0.393 e. The van der Waals surface area contributed by atoms with Gasteiger partial charge in [0.15, 0.2) is 0 Å². The number of likely N-dealkylation sites (N-methyl/N-ethyl adjacent to an activating group) is 1. The lowest BCUT2D eigenvalue weighted by atomic mass is 10.3. The number of nitrogens with one attached hydrogen (secondary N) is 2. The van der Waals surface area contributed by atoms with Crippen LogP contribution in [0.1, 0.15) is 13.3 Å². The van der Waals surface area contributed by atoms with Crippen LogP contribution in [-0.4, -0.2) is 55.2 Å². The predicted molar refractivity (Wildman–Crippen MR) is 56.4 cm³/mol. The van der Waals surface area contributed by atoms with E-state index in [-0.39, 0.29) is 18.6 Å². The molecule has 1 unspecified atom stereocenters. The van der Waals surface area contributed by atoms with Crippen LogP contribution >= 0.6 is 0 Å². The largest absolute Gasteiger partial charge is 0.393 e. The number of carbonyl (C=O) groups excluding carboxylic acids is 2. The maximum Gasteiger partial charge on any atom is 0.321 e. The second-order valence-electron chi connectivity index (χ2n) is 3.50. The van der Waals surface area contributed by atoms with Crippen molar-refractivity contribution in [3.63, 3.8) is 0 Å². The SMILES string of the molecule is CNC(=O)NC(=O)CN(C)CCC(C)O. The van der Waals surface area contributed by atoms with Gasteiger partial charge in [-0.1, -0.05) is 0 Å². The summed E-state index contributed by atoms with van der Waals surface area (Å²) < 4.78 is 0. The number of aliphatic hydroxyl groups is 1. The van der Waals surface area contributed by atoms with Crippen LogP contribution in [0.15, 0.2) is 0 Å². The molecule has 3 amide bonds. The maximum atomic E-state index is 11.2. The first-order valence-corrected chi connectivity index (χ1v) is 4.84. The molecule has 0 radical (unpaired) electrons. The molecule has 0 saturated carbocycles. The van der Waals surface area contributed by atoms with E-state index in [1.807, 2.05) is 0 Å². The Bertz CT molecular complexity index is 219. The lowest BCUT2D eigenvalue weighted by molar-refractivity contribution is -0.120. The fourth-order valence-electron chi connectivity index (χ4n) is 0.960. The van der Waals surface area contributed by atoms with Crippen molar-refractivity contribution in [2.75, 3.05) is 27.2 Å². The van der Waals surface area contributed by atoms with E-state index < -0.39 is 6.03 Å². The molecule has 0 spiro atoms. The summed E-state index contributed by atoms with van der Waals surface area (Å²) in [5.74, 6) is -0.359. The Labute approximate surface area is 89.6 Å². The van der Waals surface area contributed by atoms with E-state index in [0.29, 0.717) is 13.0 Å². The number of aliphatic hydroxyl groups excluding tert-OH is 1. The van der Waals surface area contributed by atoms with Crippen LogP contribution in [0.3, 0.4) is 0 Å². The van der Waals surface area contributed by atoms with Gasteiger partial charge in [-0.3, -0.25) is 15.0 Å². The molecule has 0 aromatic rings. The normalized spacial score (nSPS) is 12.3. The smallest absolute Gasteiger partial charge is 0.321 e. The lowest BCUT2D eigenvalue weighted by Gasteiger charge is -2.16. The van der Waals surface area contributed by atoms with Crippen LogP contribution < -0.4 is 10.6 Å². The number of carbonyl (C=O) groups is 2. The molecule has 15 heavy (non-hydrogen) atoms. The van der Waals surface area contributed by atoms with Gasteiger partial charge in [0, 0.05) is 13.6 Å². The fraction of sp³-hybridized carbons (Fsp3) is 0.778. The molecule has 0 saturated heterocycles. The second kappa shape index (κ2) is 7.19. The predicted octanol–water partition coefficient (Wildman–Crippen LogP) is -0.855. The number of hydrogen-bond donors (Lipinski definition) is 3. The zero-order chi connectivity index (χ0) is 11.8. The number of hydrogen-bond acceptors (Lipinski definition) is 4. The summed E-state index contributed by atoms with van der Waals surface area (Å²) in [6.45, 7) is 2.44. The summed E-state index contributed by atoms with van der Waals surface area (Å²) in [5, 5.41) is 13.5. The van der Waals surface area contributed by atoms with Gasteiger partial charge >= 0.3 is 6.03 Å². The lowest BCUT2D eigenvalue weighted by Crippen LogP contribution is -2.42. The van der Waals surface area contributed by atoms with E-state index in [1.165, 1.54) is 7.05 Å². The third kappa shape index (κ3) is 7.90. The van der Waals surface area contributed by atoms with Crippen molar-refractivity contribution >= 4 is 11.9 Å².